The van der Waals surface area contributed by atoms with Crippen molar-refractivity contribution in [3.8, 4) is 0 Å². The zero-order valence-corrected chi connectivity index (χ0v) is 10.6. The van der Waals surface area contributed by atoms with Gasteiger partial charge in [0.05, 0.1) is 0 Å². The van der Waals surface area contributed by atoms with Crippen LogP contribution in [0, 0.1) is 5.92 Å². The standard InChI is InChI=1S/C12H18N4O3/c13-4-3-8-2-1-5-16(7-8)11(18)9-6-10(17)15-12(19)14-9/h6,8H,1-5,7,13H2,(H2,14,15,17,19). The van der Waals surface area contributed by atoms with Crippen molar-refractivity contribution in [1.82, 2.24) is 14.9 Å². The van der Waals surface area contributed by atoms with Crippen LogP contribution in [0.2, 0.25) is 0 Å². The molecule has 0 spiro atoms. The average molecular weight is 266 g/mol. The molecule has 1 atom stereocenters. The Morgan fingerprint density at radius 1 is 1.42 bits per heavy atom. The largest absolute Gasteiger partial charge is 0.337 e. The van der Waals surface area contributed by atoms with Crippen molar-refractivity contribution in [3.05, 3.63) is 32.6 Å². The number of aromatic amines is 2. The summed E-state index contributed by atoms with van der Waals surface area (Å²) in [7, 11) is 0. The number of nitrogens with one attached hydrogen (secondary N) is 2. The number of nitrogens with zero attached hydrogens (tertiary/aromatic N) is 1. The Hall–Kier alpha value is -1.89. The molecule has 2 rings (SSSR count). The van der Waals surface area contributed by atoms with Crippen LogP contribution < -0.4 is 17.0 Å². The van der Waals surface area contributed by atoms with Gasteiger partial charge in [-0.1, -0.05) is 0 Å². The summed E-state index contributed by atoms with van der Waals surface area (Å²) in [6.45, 7) is 1.88. The molecule has 104 valence electrons. The van der Waals surface area contributed by atoms with Gasteiger partial charge in [-0.3, -0.25) is 14.6 Å². The first kappa shape index (κ1) is 13.5. The van der Waals surface area contributed by atoms with Crippen molar-refractivity contribution >= 4 is 5.91 Å². The molecular formula is C12H18N4O3. The summed E-state index contributed by atoms with van der Waals surface area (Å²) in [6.07, 6.45) is 2.87. The van der Waals surface area contributed by atoms with Crippen molar-refractivity contribution in [2.45, 2.75) is 19.3 Å². The van der Waals surface area contributed by atoms with Gasteiger partial charge < -0.3 is 15.6 Å². The lowest BCUT2D eigenvalue weighted by atomic mass is 9.94. The minimum absolute atomic E-state index is 0.0437. The molecule has 1 saturated heterocycles. The Labute approximate surface area is 109 Å². The molecule has 1 aliphatic rings. The number of amides is 1. The second-order valence-corrected chi connectivity index (χ2v) is 4.84. The third kappa shape index (κ3) is 3.31. The molecule has 7 heteroatoms. The van der Waals surface area contributed by atoms with Gasteiger partial charge in [-0.15, -0.1) is 0 Å². The Kier molecular flexibility index (Phi) is 4.16. The molecule has 1 aromatic rings. The summed E-state index contributed by atoms with van der Waals surface area (Å²) in [5.74, 6) is 0.0985. The van der Waals surface area contributed by atoms with Gasteiger partial charge in [0, 0.05) is 19.2 Å². The summed E-state index contributed by atoms with van der Waals surface area (Å²) in [4.78, 5) is 40.7. The molecule has 1 fully saturated rings. The molecule has 1 aromatic heterocycles. The zero-order valence-electron chi connectivity index (χ0n) is 10.6. The number of H-pyrrole nitrogens is 2. The predicted molar refractivity (Wildman–Crippen MR) is 70.0 cm³/mol. The van der Waals surface area contributed by atoms with E-state index in [9.17, 15) is 14.4 Å². The van der Waals surface area contributed by atoms with Crippen LogP contribution >= 0.6 is 0 Å². The quantitative estimate of drug-likeness (QED) is 0.669. The second kappa shape index (κ2) is 5.83. The lowest BCUT2D eigenvalue weighted by molar-refractivity contribution is 0.0663. The molecule has 0 aliphatic carbocycles. The van der Waals surface area contributed by atoms with Crippen LogP contribution in [0.5, 0.6) is 0 Å². The minimum Gasteiger partial charge on any atom is -0.337 e. The molecule has 1 amide bonds. The molecule has 19 heavy (non-hydrogen) atoms. The van der Waals surface area contributed by atoms with E-state index >= 15 is 0 Å². The highest BCUT2D eigenvalue weighted by Gasteiger charge is 2.24. The topological polar surface area (TPSA) is 112 Å². The fourth-order valence-electron chi connectivity index (χ4n) is 2.48. The monoisotopic (exact) mass is 266 g/mol. The van der Waals surface area contributed by atoms with Gasteiger partial charge in [-0.05, 0) is 31.7 Å². The van der Waals surface area contributed by atoms with Crippen LogP contribution in [-0.2, 0) is 0 Å². The van der Waals surface area contributed by atoms with Gasteiger partial charge >= 0.3 is 5.69 Å². The van der Waals surface area contributed by atoms with Crippen molar-refractivity contribution in [2.24, 2.45) is 11.7 Å². The molecule has 0 aromatic carbocycles. The van der Waals surface area contributed by atoms with Crippen LogP contribution in [0.3, 0.4) is 0 Å². The van der Waals surface area contributed by atoms with E-state index in [4.69, 9.17) is 5.73 Å². The maximum absolute atomic E-state index is 12.2. The van der Waals surface area contributed by atoms with E-state index < -0.39 is 11.2 Å². The number of carbonyl (C=O) groups is 1. The highest BCUT2D eigenvalue weighted by atomic mass is 16.2. The van der Waals surface area contributed by atoms with E-state index in [1.807, 2.05) is 4.98 Å². The van der Waals surface area contributed by atoms with E-state index in [2.05, 4.69) is 4.98 Å². The maximum Gasteiger partial charge on any atom is 0.326 e. The summed E-state index contributed by atoms with van der Waals surface area (Å²) in [6, 6.07) is 1.12. The third-order valence-electron chi connectivity index (χ3n) is 3.37. The van der Waals surface area contributed by atoms with Gasteiger partial charge in [0.15, 0.2) is 0 Å². The van der Waals surface area contributed by atoms with Crippen LogP contribution in [0.25, 0.3) is 0 Å². The van der Waals surface area contributed by atoms with E-state index in [0.717, 1.165) is 25.3 Å². The molecule has 0 radical (unpaired) electrons. The Balaban J connectivity index is 2.14. The van der Waals surface area contributed by atoms with Gasteiger partial charge in [0.25, 0.3) is 11.5 Å². The molecule has 1 aliphatic heterocycles. The molecule has 1 unspecified atom stereocenters. The summed E-state index contributed by atoms with van der Waals surface area (Å²) < 4.78 is 0. The minimum atomic E-state index is -0.661. The first-order valence-corrected chi connectivity index (χ1v) is 6.43. The fraction of sp³-hybridized carbons (Fsp3) is 0.583. The highest BCUT2D eigenvalue weighted by molar-refractivity contribution is 5.92. The highest BCUT2D eigenvalue weighted by Crippen LogP contribution is 2.19. The van der Waals surface area contributed by atoms with Crippen LogP contribution in [0.4, 0.5) is 0 Å². The molecule has 2 heterocycles. The Morgan fingerprint density at radius 2 is 2.21 bits per heavy atom. The number of likely N-dealkylation sites (tertiary alicyclic amines) is 1. The van der Waals surface area contributed by atoms with Gasteiger partial charge in [0.1, 0.15) is 5.69 Å². The molecule has 4 N–H and O–H groups in total. The first-order valence-electron chi connectivity index (χ1n) is 6.43. The van der Waals surface area contributed by atoms with E-state index in [1.165, 1.54) is 0 Å². The van der Waals surface area contributed by atoms with E-state index in [-0.39, 0.29) is 11.6 Å². The number of hydrogen-bond donors (Lipinski definition) is 3. The Bertz CT molecular complexity index is 532. The van der Waals surface area contributed by atoms with Crippen molar-refractivity contribution in [1.29, 1.82) is 0 Å². The number of hydrogen-bond acceptors (Lipinski definition) is 4. The fourth-order valence-corrected chi connectivity index (χ4v) is 2.48. The lowest BCUT2D eigenvalue weighted by Gasteiger charge is -2.32. The van der Waals surface area contributed by atoms with Crippen molar-refractivity contribution in [2.75, 3.05) is 19.6 Å². The zero-order chi connectivity index (χ0) is 13.8. The molecular weight excluding hydrogens is 248 g/mol. The molecule has 7 nitrogen and oxygen atoms in total. The lowest BCUT2D eigenvalue weighted by Crippen LogP contribution is -2.42. The van der Waals surface area contributed by atoms with Gasteiger partial charge in [-0.2, -0.15) is 0 Å². The number of aromatic nitrogens is 2. The summed E-state index contributed by atoms with van der Waals surface area (Å²) >= 11 is 0. The van der Waals surface area contributed by atoms with Crippen molar-refractivity contribution < 1.29 is 4.79 Å². The van der Waals surface area contributed by atoms with Gasteiger partial charge in [-0.25, -0.2) is 4.79 Å². The molecule has 0 bridgehead atoms. The van der Waals surface area contributed by atoms with Crippen LogP contribution in [0.1, 0.15) is 29.8 Å². The van der Waals surface area contributed by atoms with E-state index in [1.54, 1.807) is 4.90 Å². The first-order chi connectivity index (χ1) is 9.10. The smallest absolute Gasteiger partial charge is 0.326 e. The number of rotatable bonds is 3. The predicted octanol–water partition coefficient (Wildman–Crippen LogP) is -0.736. The van der Waals surface area contributed by atoms with Gasteiger partial charge in [0.2, 0.25) is 0 Å². The van der Waals surface area contributed by atoms with E-state index in [0.29, 0.717) is 25.6 Å². The van der Waals surface area contributed by atoms with Crippen LogP contribution in [-0.4, -0.2) is 40.4 Å². The number of piperidine rings is 1. The number of nitrogens with two attached hydrogens (primary N) is 1. The number of carbonyl (C=O) groups excluding carboxylic acids is 1. The van der Waals surface area contributed by atoms with Crippen molar-refractivity contribution in [3.63, 3.8) is 0 Å². The average Bonchev–Trinajstić information content (AvgIpc) is 2.37. The third-order valence-corrected chi connectivity index (χ3v) is 3.37. The summed E-state index contributed by atoms with van der Waals surface area (Å²) in [5.41, 5.74) is 4.35. The SMILES string of the molecule is NCCC1CCCN(C(=O)c2cc(=O)[nH]c(=O)[nH]2)C1. The molecule has 0 saturated carbocycles. The van der Waals surface area contributed by atoms with Crippen LogP contribution in [0.15, 0.2) is 15.7 Å². The normalized spacial score (nSPS) is 19.4. The Morgan fingerprint density at radius 3 is 2.89 bits per heavy atom. The maximum atomic E-state index is 12.2. The second-order valence-electron chi connectivity index (χ2n) is 4.84. The summed E-state index contributed by atoms with van der Waals surface area (Å²) in [5, 5.41) is 0.